The molecule has 0 bridgehead atoms. The second-order valence-electron chi connectivity index (χ2n) is 9.60. The average Bonchev–Trinajstić information content (AvgIpc) is 2.78. The molecule has 0 spiro atoms. The summed E-state index contributed by atoms with van der Waals surface area (Å²) in [7, 11) is 1.88. The number of nitrogens with one attached hydrogen (secondary N) is 2. The van der Waals surface area contributed by atoms with Crippen LogP contribution in [0.3, 0.4) is 0 Å². The van der Waals surface area contributed by atoms with E-state index in [9.17, 15) is 4.79 Å². The van der Waals surface area contributed by atoms with Crippen molar-refractivity contribution in [1.82, 2.24) is 15.1 Å². The number of Topliss-reactive ketones (excluding diaryl/α,β-unsaturated/α-hetero) is 1. The molecular formula is C26H46N6O3. The van der Waals surface area contributed by atoms with Gasteiger partial charge >= 0.3 is 0 Å². The van der Waals surface area contributed by atoms with Crippen molar-refractivity contribution in [3.05, 3.63) is 48.8 Å². The zero-order valence-corrected chi connectivity index (χ0v) is 22.3. The van der Waals surface area contributed by atoms with Gasteiger partial charge in [-0.1, -0.05) is 33.2 Å². The first-order valence-electron chi connectivity index (χ1n) is 12.0. The Bertz CT molecular complexity index is 826. The first kappa shape index (κ1) is 30.7. The molecule has 1 heterocycles. The van der Waals surface area contributed by atoms with E-state index in [0.717, 1.165) is 5.57 Å². The molecule has 1 rings (SSSR count). The predicted octanol–water partition coefficient (Wildman–Crippen LogP) is 2.67. The average molecular weight is 491 g/mol. The fraction of sp³-hybridized carbons (Fsp3) is 0.615. The fourth-order valence-electron chi connectivity index (χ4n) is 4.27. The summed E-state index contributed by atoms with van der Waals surface area (Å²) in [6.07, 6.45) is 0.560. The first-order valence-corrected chi connectivity index (χ1v) is 12.0. The quantitative estimate of drug-likeness (QED) is 0.0906. The smallest absolute Gasteiger partial charge is 0.208 e. The van der Waals surface area contributed by atoms with E-state index in [1.165, 1.54) is 0 Å². The molecule has 0 aromatic carbocycles. The van der Waals surface area contributed by atoms with Crippen molar-refractivity contribution in [3.8, 4) is 0 Å². The zero-order chi connectivity index (χ0) is 26.9. The van der Waals surface area contributed by atoms with Crippen molar-refractivity contribution in [2.24, 2.45) is 16.9 Å². The molecule has 0 aromatic heterocycles. The standard InChI is InChI=1S/C26H46N6O3/c1-17(2)20(7)34-15-12-26(8)23(28)31(14-16-35-22(27)19(5)6)25(29)32(24(26)30-9)13-10-11-21(33)18(3)4/h23-25,27,30H,1,3,5,7,10-16,28-29H2,2,4,6,8-9H3. The van der Waals surface area contributed by atoms with Crippen molar-refractivity contribution < 1.29 is 14.3 Å². The molecule has 0 aliphatic carbocycles. The lowest BCUT2D eigenvalue weighted by molar-refractivity contribution is -0.158. The van der Waals surface area contributed by atoms with Gasteiger partial charge in [0.15, 0.2) is 5.78 Å². The van der Waals surface area contributed by atoms with E-state index in [2.05, 4.69) is 43.5 Å². The SMILES string of the molecule is C=C(C)C(=C)OCCC1(C)C(N)N(CCOC(=N)C(=C)C)C(N)N(CCCC(=O)C(=C)C)C1NC. The van der Waals surface area contributed by atoms with Crippen molar-refractivity contribution in [1.29, 1.82) is 5.41 Å². The van der Waals surface area contributed by atoms with Crippen LogP contribution in [0.2, 0.25) is 0 Å². The molecule has 1 aliphatic heterocycles. The van der Waals surface area contributed by atoms with Crippen LogP contribution in [-0.2, 0) is 14.3 Å². The van der Waals surface area contributed by atoms with Crippen molar-refractivity contribution >= 4 is 11.7 Å². The maximum absolute atomic E-state index is 12.1. The molecule has 1 aliphatic rings. The maximum Gasteiger partial charge on any atom is 0.208 e. The van der Waals surface area contributed by atoms with Crippen LogP contribution in [0.1, 0.15) is 47.0 Å². The highest BCUT2D eigenvalue weighted by Gasteiger charge is 2.51. The number of allylic oxidation sites excluding steroid dienone is 2. The minimum atomic E-state index is -0.510. The van der Waals surface area contributed by atoms with Crippen molar-refractivity contribution in [3.63, 3.8) is 0 Å². The summed E-state index contributed by atoms with van der Waals surface area (Å²) in [5.74, 6) is 0.641. The topological polar surface area (TPSA) is 130 Å². The summed E-state index contributed by atoms with van der Waals surface area (Å²) in [6.45, 7) is 24.3. The van der Waals surface area contributed by atoms with Crippen LogP contribution >= 0.6 is 0 Å². The maximum atomic E-state index is 12.1. The monoisotopic (exact) mass is 490 g/mol. The van der Waals surface area contributed by atoms with Crippen LogP contribution in [0.25, 0.3) is 0 Å². The summed E-state index contributed by atoms with van der Waals surface area (Å²) in [5, 5.41) is 11.3. The molecule has 0 saturated carbocycles. The molecule has 35 heavy (non-hydrogen) atoms. The summed E-state index contributed by atoms with van der Waals surface area (Å²) in [6, 6.07) is 0. The summed E-state index contributed by atoms with van der Waals surface area (Å²) in [4.78, 5) is 16.2. The van der Waals surface area contributed by atoms with Gasteiger partial charge in [0.05, 0.1) is 18.9 Å². The highest BCUT2D eigenvalue weighted by Crippen LogP contribution is 2.39. The predicted molar refractivity (Wildman–Crippen MR) is 142 cm³/mol. The van der Waals surface area contributed by atoms with Gasteiger partial charge in [0.25, 0.3) is 0 Å². The Kier molecular flexibility index (Phi) is 12.0. The molecule has 0 amide bonds. The van der Waals surface area contributed by atoms with Gasteiger partial charge in [0, 0.05) is 30.5 Å². The zero-order valence-electron chi connectivity index (χ0n) is 22.3. The highest BCUT2D eigenvalue weighted by molar-refractivity contribution is 5.94. The molecule has 0 radical (unpaired) electrons. The summed E-state index contributed by atoms with van der Waals surface area (Å²) < 4.78 is 11.4. The molecule has 1 fully saturated rings. The lowest BCUT2D eigenvalue weighted by atomic mass is 9.77. The Balaban J connectivity index is 3.13. The number of hydrogen-bond acceptors (Lipinski definition) is 9. The van der Waals surface area contributed by atoms with Crippen LogP contribution in [0, 0.1) is 10.8 Å². The van der Waals surface area contributed by atoms with Crippen LogP contribution in [0.5, 0.6) is 0 Å². The number of carbonyl (C=O) groups is 1. The molecule has 0 aromatic rings. The minimum absolute atomic E-state index is 0.0434. The Labute approximate surface area is 211 Å². The number of nitrogens with zero attached hydrogens (tertiary/aromatic N) is 2. The van der Waals surface area contributed by atoms with Gasteiger partial charge in [-0.3, -0.25) is 20.0 Å². The van der Waals surface area contributed by atoms with Gasteiger partial charge in [-0.25, -0.2) is 0 Å². The molecule has 9 heteroatoms. The van der Waals surface area contributed by atoms with Gasteiger partial charge < -0.3 is 26.3 Å². The fourth-order valence-corrected chi connectivity index (χ4v) is 4.27. The number of rotatable bonds is 15. The number of ketones is 1. The van der Waals surface area contributed by atoms with E-state index in [0.29, 0.717) is 55.9 Å². The number of ether oxygens (including phenoxy) is 2. The van der Waals surface area contributed by atoms with Gasteiger partial charge in [-0.15, -0.1) is 0 Å². The molecular weight excluding hydrogens is 444 g/mol. The van der Waals surface area contributed by atoms with E-state index in [-0.39, 0.29) is 24.5 Å². The van der Waals surface area contributed by atoms with Gasteiger partial charge in [-0.2, -0.15) is 0 Å². The number of nitrogens with two attached hydrogens (primary N) is 2. The second kappa shape index (κ2) is 13.7. The molecule has 4 unspecified atom stereocenters. The van der Waals surface area contributed by atoms with E-state index in [1.54, 1.807) is 13.8 Å². The highest BCUT2D eigenvalue weighted by atomic mass is 16.5. The summed E-state index contributed by atoms with van der Waals surface area (Å²) >= 11 is 0. The Morgan fingerprint density at radius 2 is 1.63 bits per heavy atom. The van der Waals surface area contributed by atoms with E-state index >= 15 is 0 Å². The van der Waals surface area contributed by atoms with Crippen LogP contribution in [-0.4, -0.2) is 73.5 Å². The Morgan fingerprint density at radius 3 is 2.14 bits per heavy atom. The molecule has 4 atom stereocenters. The van der Waals surface area contributed by atoms with Crippen LogP contribution < -0.4 is 16.8 Å². The Morgan fingerprint density at radius 1 is 1.00 bits per heavy atom. The lowest BCUT2D eigenvalue weighted by Gasteiger charge is -2.59. The largest absolute Gasteiger partial charge is 0.494 e. The van der Waals surface area contributed by atoms with E-state index < -0.39 is 17.9 Å². The third kappa shape index (κ3) is 8.12. The third-order valence-corrected chi connectivity index (χ3v) is 6.61. The first-order chi connectivity index (χ1) is 16.3. The normalized spacial score (nSPS) is 25.1. The van der Waals surface area contributed by atoms with Crippen molar-refractivity contribution in [2.45, 2.75) is 65.6 Å². The van der Waals surface area contributed by atoms with E-state index in [1.807, 2.05) is 18.9 Å². The lowest BCUT2D eigenvalue weighted by Crippen LogP contribution is -2.78. The van der Waals surface area contributed by atoms with Gasteiger partial charge in [0.2, 0.25) is 5.90 Å². The number of carbonyl (C=O) groups excluding carboxylic acids is 1. The third-order valence-electron chi connectivity index (χ3n) is 6.61. The second-order valence-corrected chi connectivity index (χ2v) is 9.60. The van der Waals surface area contributed by atoms with Crippen molar-refractivity contribution in [2.75, 3.05) is 33.4 Å². The molecule has 1 saturated heterocycles. The summed E-state index contributed by atoms with van der Waals surface area (Å²) in [5.41, 5.74) is 15.0. The van der Waals surface area contributed by atoms with Crippen LogP contribution in [0.15, 0.2) is 48.8 Å². The van der Waals surface area contributed by atoms with Gasteiger partial charge in [-0.05, 0) is 51.8 Å². The van der Waals surface area contributed by atoms with Gasteiger partial charge in [0.1, 0.15) is 18.7 Å². The molecule has 6 N–H and O–H groups in total. The number of hydrogen-bond donors (Lipinski definition) is 4. The molecule has 9 nitrogen and oxygen atoms in total. The minimum Gasteiger partial charge on any atom is -0.494 e. The van der Waals surface area contributed by atoms with Crippen LogP contribution in [0.4, 0.5) is 0 Å². The van der Waals surface area contributed by atoms with E-state index in [4.69, 9.17) is 26.4 Å². The molecule has 198 valence electrons. The Hall–Kier alpha value is -2.30.